The summed E-state index contributed by atoms with van der Waals surface area (Å²) in [5.41, 5.74) is 5.32. The van der Waals surface area contributed by atoms with Crippen molar-refractivity contribution < 1.29 is 9.18 Å². The van der Waals surface area contributed by atoms with Crippen molar-refractivity contribution in [1.29, 1.82) is 0 Å². The molecule has 0 aliphatic heterocycles. The van der Waals surface area contributed by atoms with E-state index in [0.29, 0.717) is 5.39 Å². The van der Waals surface area contributed by atoms with Gasteiger partial charge in [0.15, 0.2) is 5.82 Å². The zero-order valence-corrected chi connectivity index (χ0v) is 7.75. The van der Waals surface area contributed by atoms with Crippen LogP contribution in [0, 0.1) is 5.82 Å². The predicted octanol–water partition coefficient (Wildman–Crippen LogP) is 1.20. The van der Waals surface area contributed by atoms with E-state index in [-0.39, 0.29) is 16.7 Å². The number of halogens is 1. The first-order chi connectivity index (χ1) is 7.11. The Kier molecular flexibility index (Phi) is 2.00. The molecular weight excluding hydrogens is 197 g/mol. The van der Waals surface area contributed by atoms with Gasteiger partial charge in [0.05, 0.1) is 6.20 Å². The van der Waals surface area contributed by atoms with E-state index in [1.807, 2.05) is 0 Å². The third kappa shape index (κ3) is 1.38. The van der Waals surface area contributed by atoms with Crippen LogP contribution in [0.4, 0.5) is 4.39 Å². The number of amides is 1. The van der Waals surface area contributed by atoms with Gasteiger partial charge in [0.2, 0.25) is 5.91 Å². The van der Waals surface area contributed by atoms with Crippen molar-refractivity contribution in [3.63, 3.8) is 0 Å². The Hall–Kier alpha value is -2.17. The van der Waals surface area contributed by atoms with Crippen LogP contribution in [0.5, 0.6) is 0 Å². The molecule has 0 atom stereocenters. The van der Waals surface area contributed by atoms with E-state index in [2.05, 4.69) is 16.8 Å². The summed E-state index contributed by atoms with van der Waals surface area (Å²) in [7, 11) is 0. The highest BCUT2D eigenvalue weighted by Gasteiger charge is 2.14. The van der Waals surface area contributed by atoms with Crippen LogP contribution in [0.2, 0.25) is 0 Å². The zero-order chi connectivity index (χ0) is 11.0. The number of fused-ring (bicyclic) bond motifs is 1. The van der Waals surface area contributed by atoms with Crippen molar-refractivity contribution in [2.24, 2.45) is 5.73 Å². The molecule has 3 N–H and O–H groups in total. The molecule has 0 aliphatic carbocycles. The standard InChI is InChI=1S/C10H8FN3O/c1-5(10(12)15)7-3-2-6-4-13-14-9(6)8(7)11/h2-4H,1H2,(H2,12,15)(H,13,14). The fourth-order valence-corrected chi connectivity index (χ4v) is 1.34. The Balaban J connectivity index is 2.67. The molecule has 1 heterocycles. The van der Waals surface area contributed by atoms with Gasteiger partial charge >= 0.3 is 0 Å². The second-order valence-electron chi connectivity index (χ2n) is 3.10. The second kappa shape index (κ2) is 3.20. The number of nitrogens with zero attached hydrogens (tertiary/aromatic N) is 1. The van der Waals surface area contributed by atoms with E-state index in [1.165, 1.54) is 12.3 Å². The zero-order valence-electron chi connectivity index (χ0n) is 7.75. The minimum absolute atomic E-state index is 0.0519. The molecule has 1 amide bonds. The topological polar surface area (TPSA) is 71.8 Å². The number of aromatic nitrogens is 2. The number of carbonyl (C=O) groups is 1. The fourth-order valence-electron chi connectivity index (χ4n) is 1.34. The summed E-state index contributed by atoms with van der Waals surface area (Å²) in [6.07, 6.45) is 1.50. The summed E-state index contributed by atoms with van der Waals surface area (Å²) in [4.78, 5) is 10.9. The molecule has 2 rings (SSSR count). The van der Waals surface area contributed by atoms with Gasteiger partial charge < -0.3 is 5.73 Å². The number of hydrogen-bond acceptors (Lipinski definition) is 2. The number of hydrogen-bond donors (Lipinski definition) is 2. The largest absolute Gasteiger partial charge is 0.366 e. The summed E-state index contributed by atoms with van der Waals surface area (Å²) >= 11 is 0. The number of nitrogens with two attached hydrogens (primary N) is 1. The van der Waals surface area contributed by atoms with Gasteiger partial charge in [-0.25, -0.2) is 4.39 Å². The summed E-state index contributed by atoms with van der Waals surface area (Å²) in [5.74, 6) is -1.30. The van der Waals surface area contributed by atoms with Crippen molar-refractivity contribution >= 4 is 22.4 Å². The Morgan fingerprint density at radius 1 is 1.53 bits per heavy atom. The van der Waals surface area contributed by atoms with Crippen molar-refractivity contribution in [1.82, 2.24) is 10.2 Å². The third-order valence-corrected chi connectivity index (χ3v) is 2.18. The quantitative estimate of drug-likeness (QED) is 0.723. The summed E-state index contributed by atoms with van der Waals surface area (Å²) in [5, 5.41) is 6.83. The predicted molar refractivity (Wildman–Crippen MR) is 54.3 cm³/mol. The Bertz CT molecular complexity index is 559. The van der Waals surface area contributed by atoms with Crippen LogP contribution in [-0.4, -0.2) is 16.1 Å². The Labute approximate surface area is 84.6 Å². The van der Waals surface area contributed by atoms with E-state index in [1.54, 1.807) is 6.07 Å². The molecule has 0 bridgehead atoms. The summed E-state index contributed by atoms with van der Waals surface area (Å²) in [6, 6.07) is 3.10. The highest BCUT2D eigenvalue weighted by molar-refractivity contribution is 6.18. The average molecular weight is 205 g/mol. The van der Waals surface area contributed by atoms with Crippen molar-refractivity contribution in [3.8, 4) is 0 Å². The van der Waals surface area contributed by atoms with Crippen molar-refractivity contribution in [3.05, 3.63) is 36.3 Å². The van der Waals surface area contributed by atoms with Gasteiger partial charge in [-0.2, -0.15) is 5.10 Å². The molecule has 1 aromatic heterocycles. The molecular formula is C10H8FN3O. The first-order valence-corrected chi connectivity index (χ1v) is 4.22. The van der Waals surface area contributed by atoms with Gasteiger partial charge in [-0.15, -0.1) is 0 Å². The maximum Gasteiger partial charge on any atom is 0.248 e. The van der Waals surface area contributed by atoms with Crippen LogP contribution in [0.15, 0.2) is 24.9 Å². The van der Waals surface area contributed by atoms with Gasteiger partial charge in [0.1, 0.15) is 5.52 Å². The van der Waals surface area contributed by atoms with Crippen LogP contribution in [-0.2, 0) is 4.79 Å². The third-order valence-electron chi connectivity index (χ3n) is 2.18. The lowest BCUT2D eigenvalue weighted by atomic mass is 10.0. The van der Waals surface area contributed by atoms with E-state index in [9.17, 15) is 9.18 Å². The summed E-state index contributed by atoms with van der Waals surface area (Å²) < 4.78 is 13.8. The SMILES string of the molecule is C=C(C(N)=O)c1ccc2cn[nH]c2c1F. The minimum atomic E-state index is -0.743. The first-order valence-electron chi connectivity index (χ1n) is 4.22. The lowest BCUT2D eigenvalue weighted by molar-refractivity contribution is -0.112. The van der Waals surface area contributed by atoms with E-state index >= 15 is 0 Å². The molecule has 0 saturated heterocycles. The monoisotopic (exact) mass is 205 g/mol. The van der Waals surface area contributed by atoms with Crippen molar-refractivity contribution in [2.45, 2.75) is 0 Å². The molecule has 0 saturated carbocycles. The number of benzene rings is 1. The average Bonchev–Trinajstić information content (AvgIpc) is 2.66. The first kappa shape index (κ1) is 9.39. The second-order valence-corrected chi connectivity index (χ2v) is 3.10. The normalized spacial score (nSPS) is 10.5. The number of carbonyl (C=O) groups excluding carboxylic acids is 1. The van der Waals surface area contributed by atoms with E-state index in [0.717, 1.165) is 0 Å². The maximum atomic E-state index is 13.8. The molecule has 0 fully saturated rings. The van der Waals surface area contributed by atoms with Gasteiger partial charge in [-0.3, -0.25) is 9.89 Å². The van der Waals surface area contributed by atoms with Gasteiger partial charge in [0, 0.05) is 16.5 Å². The van der Waals surface area contributed by atoms with Crippen LogP contribution in [0.1, 0.15) is 5.56 Å². The maximum absolute atomic E-state index is 13.8. The molecule has 0 aliphatic rings. The molecule has 1 aromatic carbocycles. The highest BCUT2D eigenvalue weighted by atomic mass is 19.1. The number of H-pyrrole nitrogens is 1. The molecule has 2 aromatic rings. The molecule has 0 spiro atoms. The van der Waals surface area contributed by atoms with Crippen molar-refractivity contribution in [2.75, 3.05) is 0 Å². The van der Waals surface area contributed by atoms with E-state index in [4.69, 9.17) is 5.73 Å². The number of rotatable bonds is 2. The lowest BCUT2D eigenvalue weighted by Crippen LogP contribution is -2.12. The molecule has 0 unspecified atom stereocenters. The minimum Gasteiger partial charge on any atom is -0.366 e. The molecule has 4 nitrogen and oxygen atoms in total. The molecule has 15 heavy (non-hydrogen) atoms. The Morgan fingerprint density at radius 3 is 2.93 bits per heavy atom. The summed E-state index contributed by atoms with van der Waals surface area (Å²) in [6.45, 7) is 3.43. The fraction of sp³-hybridized carbons (Fsp3) is 0. The van der Waals surface area contributed by atoms with E-state index < -0.39 is 11.7 Å². The Morgan fingerprint density at radius 2 is 2.27 bits per heavy atom. The van der Waals surface area contributed by atoms with Crippen LogP contribution >= 0.6 is 0 Å². The van der Waals surface area contributed by atoms with Crippen LogP contribution < -0.4 is 5.73 Å². The molecule has 0 radical (unpaired) electrons. The van der Waals surface area contributed by atoms with Gasteiger partial charge in [0.25, 0.3) is 0 Å². The number of nitrogens with one attached hydrogen (secondary N) is 1. The van der Waals surface area contributed by atoms with Gasteiger partial charge in [-0.1, -0.05) is 18.7 Å². The number of aromatic amines is 1. The molecule has 5 heteroatoms. The van der Waals surface area contributed by atoms with Crippen LogP contribution in [0.25, 0.3) is 16.5 Å². The smallest absolute Gasteiger partial charge is 0.248 e. The number of primary amides is 1. The molecule has 76 valence electrons. The highest BCUT2D eigenvalue weighted by Crippen LogP contribution is 2.23. The van der Waals surface area contributed by atoms with Gasteiger partial charge in [-0.05, 0) is 0 Å². The van der Waals surface area contributed by atoms with Crippen LogP contribution in [0.3, 0.4) is 0 Å². The lowest BCUT2D eigenvalue weighted by Gasteiger charge is -2.03.